The highest BCUT2D eigenvalue weighted by Crippen LogP contribution is 2.49. The Balaban J connectivity index is 1.16. The zero-order chi connectivity index (χ0) is 24.7. The van der Waals surface area contributed by atoms with Gasteiger partial charge in [-0.1, -0.05) is 17.7 Å². The molecule has 2 aliphatic rings. The third-order valence-corrected chi connectivity index (χ3v) is 8.42. The lowest BCUT2D eigenvalue weighted by Crippen LogP contribution is -2.39. The Morgan fingerprint density at radius 3 is 2.61 bits per heavy atom. The summed E-state index contributed by atoms with van der Waals surface area (Å²) in [5.74, 6) is 1.72. The quantitative estimate of drug-likeness (QED) is 0.264. The van der Waals surface area contributed by atoms with E-state index in [1.54, 1.807) is 10.7 Å². The third kappa shape index (κ3) is 4.19. The number of rotatable bonds is 6. The van der Waals surface area contributed by atoms with Crippen LogP contribution in [0.4, 0.5) is 5.82 Å². The van der Waals surface area contributed by atoms with Crippen LogP contribution in [0, 0.1) is 18.3 Å². The Morgan fingerprint density at radius 2 is 1.92 bits per heavy atom. The van der Waals surface area contributed by atoms with Crippen LogP contribution in [0.15, 0.2) is 66.0 Å². The van der Waals surface area contributed by atoms with Crippen LogP contribution in [0.5, 0.6) is 5.75 Å². The van der Waals surface area contributed by atoms with Crippen LogP contribution in [0.1, 0.15) is 30.9 Å². The fourth-order valence-electron chi connectivity index (χ4n) is 5.02. The molecule has 0 aliphatic carbocycles. The van der Waals surface area contributed by atoms with E-state index in [9.17, 15) is 5.26 Å². The summed E-state index contributed by atoms with van der Waals surface area (Å²) in [5.41, 5.74) is 4.78. The Labute approximate surface area is 215 Å². The molecular weight excluding hydrogens is 468 g/mol. The van der Waals surface area contributed by atoms with Crippen molar-refractivity contribution < 1.29 is 4.74 Å². The van der Waals surface area contributed by atoms with E-state index in [1.165, 1.54) is 10.5 Å². The minimum atomic E-state index is 0.326. The predicted octanol–water partition coefficient (Wildman–Crippen LogP) is 5.34. The van der Waals surface area contributed by atoms with Gasteiger partial charge in [0.1, 0.15) is 17.6 Å². The number of nitrogens with zero attached hydrogens (tertiary/aromatic N) is 6. The van der Waals surface area contributed by atoms with Gasteiger partial charge in [0, 0.05) is 47.4 Å². The molecule has 3 aromatic heterocycles. The van der Waals surface area contributed by atoms with Gasteiger partial charge in [-0.05, 0) is 69.0 Å². The molecule has 7 nitrogen and oxygen atoms in total. The molecule has 36 heavy (non-hydrogen) atoms. The zero-order valence-corrected chi connectivity index (χ0v) is 21.3. The number of piperidine rings is 1. The number of anilines is 1. The van der Waals surface area contributed by atoms with Crippen LogP contribution in [0.2, 0.25) is 0 Å². The van der Waals surface area contributed by atoms with E-state index in [4.69, 9.17) is 9.72 Å². The van der Waals surface area contributed by atoms with E-state index in [1.807, 2.05) is 37.3 Å². The fraction of sp³-hybridized carbons (Fsp3) is 0.321. The Morgan fingerprint density at radius 1 is 1.11 bits per heavy atom. The van der Waals surface area contributed by atoms with Crippen molar-refractivity contribution in [3.63, 3.8) is 0 Å². The number of benzene rings is 1. The number of hydrogen-bond acceptors (Lipinski definition) is 7. The van der Waals surface area contributed by atoms with Gasteiger partial charge in [-0.2, -0.15) is 10.4 Å². The molecule has 0 N–H and O–H groups in total. The number of ether oxygens (including phenoxy) is 1. The second-order valence-electron chi connectivity index (χ2n) is 9.54. The van der Waals surface area contributed by atoms with Crippen LogP contribution in [0.3, 0.4) is 0 Å². The lowest BCUT2D eigenvalue weighted by molar-refractivity contribution is 0.338. The molecule has 0 amide bonds. The minimum absolute atomic E-state index is 0.326. The molecule has 182 valence electrons. The number of hydrogen-bond donors (Lipinski definition) is 0. The third-order valence-electron chi connectivity index (χ3n) is 7.20. The topological polar surface area (TPSA) is 69.5 Å². The summed E-state index contributed by atoms with van der Waals surface area (Å²) in [6, 6.07) is 17.2. The van der Waals surface area contributed by atoms with Crippen molar-refractivity contribution >= 4 is 23.3 Å². The highest BCUT2D eigenvalue weighted by atomic mass is 32.2. The van der Waals surface area contributed by atoms with Gasteiger partial charge in [-0.15, -0.1) is 0 Å². The molecule has 4 aromatic rings. The summed E-state index contributed by atoms with van der Waals surface area (Å²) < 4.78 is 9.99. The van der Waals surface area contributed by atoms with Crippen LogP contribution in [-0.2, 0) is 0 Å². The lowest BCUT2D eigenvalue weighted by Gasteiger charge is -2.33. The van der Waals surface area contributed by atoms with Gasteiger partial charge >= 0.3 is 0 Å². The number of pyridine rings is 2. The van der Waals surface area contributed by atoms with Crippen LogP contribution < -0.4 is 9.64 Å². The largest absolute Gasteiger partial charge is 0.492 e. The molecule has 2 aliphatic heterocycles. The molecule has 6 rings (SSSR count). The van der Waals surface area contributed by atoms with Gasteiger partial charge in [-0.25, -0.2) is 13.8 Å². The van der Waals surface area contributed by atoms with E-state index in [-0.39, 0.29) is 0 Å². The second kappa shape index (κ2) is 9.16. The fourth-order valence-corrected chi connectivity index (χ4v) is 6.22. The summed E-state index contributed by atoms with van der Waals surface area (Å²) >= 11 is 1.89. The maximum atomic E-state index is 9.58. The molecule has 2 fully saturated rings. The molecule has 1 aromatic carbocycles. The average Bonchev–Trinajstić information content (AvgIpc) is 3.37. The van der Waals surface area contributed by atoms with Gasteiger partial charge < -0.3 is 9.64 Å². The monoisotopic (exact) mass is 496 g/mol. The predicted molar refractivity (Wildman–Crippen MR) is 142 cm³/mol. The summed E-state index contributed by atoms with van der Waals surface area (Å²) in [4.78, 5) is 8.52. The molecule has 1 spiro atoms. The Hall–Kier alpha value is -3.54. The first-order valence-electron chi connectivity index (χ1n) is 12.4. The highest BCUT2D eigenvalue weighted by molar-refractivity contribution is 7.97. The maximum Gasteiger partial charge on any atom is 0.138 e. The molecule has 1 atom stereocenters. The molecule has 0 bridgehead atoms. The van der Waals surface area contributed by atoms with Crippen molar-refractivity contribution in [3.05, 3.63) is 72.2 Å². The average molecular weight is 497 g/mol. The van der Waals surface area contributed by atoms with E-state index in [0.717, 1.165) is 60.7 Å². The van der Waals surface area contributed by atoms with Gasteiger partial charge in [0.25, 0.3) is 0 Å². The van der Waals surface area contributed by atoms with E-state index < -0.39 is 0 Å². The molecule has 5 heterocycles. The van der Waals surface area contributed by atoms with Crippen molar-refractivity contribution in [2.24, 2.45) is 0 Å². The lowest BCUT2D eigenvalue weighted by atomic mass is 9.97. The smallest absolute Gasteiger partial charge is 0.138 e. The molecule has 1 unspecified atom stereocenters. The SMILES string of the molecule is CCOc1cc(-c2ccc(N3CCC4(CC3)CN4Sc3ccc(C)cc3)nc2)c2c(C#N)cnn2c1. The summed E-state index contributed by atoms with van der Waals surface area (Å²) in [7, 11) is 0. The summed E-state index contributed by atoms with van der Waals surface area (Å²) in [6.07, 6.45) is 7.60. The highest BCUT2D eigenvalue weighted by Gasteiger charge is 2.53. The van der Waals surface area contributed by atoms with Crippen molar-refractivity contribution in [1.82, 2.24) is 18.9 Å². The van der Waals surface area contributed by atoms with Crippen LogP contribution >= 0.6 is 11.9 Å². The van der Waals surface area contributed by atoms with E-state index >= 15 is 0 Å². The first-order valence-corrected chi connectivity index (χ1v) is 13.1. The Kier molecular flexibility index (Phi) is 5.82. The number of nitriles is 1. The number of aryl methyl sites for hydroxylation is 1. The summed E-state index contributed by atoms with van der Waals surface area (Å²) in [6.45, 7) is 7.81. The van der Waals surface area contributed by atoms with Gasteiger partial charge in [-0.3, -0.25) is 0 Å². The van der Waals surface area contributed by atoms with Crippen molar-refractivity contribution in [2.75, 3.05) is 31.1 Å². The van der Waals surface area contributed by atoms with Crippen molar-refractivity contribution in [1.29, 1.82) is 5.26 Å². The van der Waals surface area contributed by atoms with Gasteiger partial charge in [0.2, 0.25) is 0 Å². The molecule has 8 heteroatoms. The normalized spacial score (nSPS) is 18.4. The van der Waals surface area contributed by atoms with Crippen molar-refractivity contribution in [2.45, 2.75) is 37.1 Å². The molecule has 2 saturated heterocycles. The van der Waals surface area contributed by atoms with Gasteiger partial charge in [0.05, 0.1) is 30.1 Å². The Bertz CT molecular complexity index is 1430. The second-order valence-corrected chi connectivity index (χ2v) is 10.6. The van der Waals surface area contributed by atoms with E-state index in [2.05, 4.69) is 63.7 Å². The molecule has 0 radical (unpaired) electrons. The molecule has 0 saturated carbocycles. The van der Waals surface area contributed by atoms with Crippen LogP contribution in [-0.4, -0.2) is 50.7 Å². The van der Waals surface area contributed by atoms with Crippen molar-refractivity contribution in [3.8, 4) is 22.9 Å². The number of fused-ring (bicyclic) bond motifs is 1. The minimum Gasteiger partial charge on any atom is -0.492 e. The van der Waals surface area contributed by atoms with Gasteiger partial charge in [0.15, 0.2) is 0 Å². The molecular formula is C28H28N6OS. The number of aromatic nitrogens is 3. The van der Waals surface area contributed by atoms with E-state index in [0.29, 0.717) is 17.7 Å². The first-order chi connectivity index (χ1) is 17.6. The zero-order valence-electron chi connectivity index (χ0n) is 20.5. The van der Waals surface area contributed by atoms with Crippen LogP contribution in [0.25, 0.3) is 16.6 Å². The maximum absolute atomic E-state index is 9.58. The first kappa shape index (κ1) is 22.9. The summed E-state index contributed by atoms with van der Waals surface area (Å²) in [5, 5.41) is 13.9. The standard InChI is InChI=1S/C28H28N6OS/c1-3-35-23-14-25(27-22(15-29)17-31-33(27)18-23)21-6-9-26(30-16-21)32-12-10-28(11-13-32)19-34(28)36-24-7-4-20(2)5-8-24/h4-9,14,16-18H,3,10-13,19H2,1-2H3.